The Bertz CT molecular complexity index is 532. The average molecular weight is 237 g/mol. The van der Waals surface area contributed by atoms with E-state index in [-0.39, 0.29) is 5.02 Å². The Morgan fingerprint density at radius 3 is 2.81 bits per heavy atom. The lowest BCUT2D eigenvalue weighted by atomic mass is 10.3. The Balaban J connectivity index is 2.24. The summed E-state index contributed by atoms with van der Waals surface area (Å²) in [5.41, 5.74) is 1.60. The molecule has 1 aromatic carbocycles. The predicted octanol–water partition coefficient (Wildman–Crippen LogP) is 3.57. The van der Waals surface area contributed by atoms with Crippen LogP contribution in [-0.2, 0) is 7.05 Å². The molecule has 16 heavy (non-hydrogen) atoms. The van der Waals surface area contributed by atoms with E-state index in [1.807, 2.05) is 29.9 Å². The number of rotatable bonds is 2. The van der Waals surface area contributed by atoms with Crippen molar-refractivity contribution in [1.29, 1.82) is 0 Å². The van der Waals surface area contributed by atoms with Crippen LogP contribution in [0.15, 0.2) is 41.5 Å². The topological polar surface area (TPSA) is 17.3 Å². The molecular formula is C12H10ClFN2. The van der Waals surface area contributed by atoms with Crippen LogP contribution in [0.2, 0.25) is 5.02 Å². The number of hydrogen-bond acceptors (Lipinski definition) is 1. The minimum absolute atomic E-state index is 0.0848. The smallest absolute Gasteiger partial charge is 0.141 e. The molecule has 0 saturated carbocycles. The van der Waals surface area contributed by atoms with E-state index in [2.05, 4.69) is 4.99 Å². The first-order valence-corrected chi connectivity index (χ1v) is 5.15. The minimum atomic E-state index is -0.431. The van der Waals surface area contributed by atoms with Gasteiger partial charge in [-0.05, 0) is 30.3 Å². The zero-order chi connectivity index (χ0) is 11.5. The number of aliphatic imine (C=N–C) groups is 1. The molecule has 0 unspecified atom stereocenters. The van der Waals surface area contributed by atoms with Crippen LogP contribution >= 0.6 is 11.6 Å². The zero-order valence-corrected chi connectivity index (χ0v) is 9.45. The van der Waals surface area contributed by atoms with E-state index in [0.29, 0.717) is 5.69 Å². The summed E-state index contributed by atoms with van der Waals surface area (Å²) in [6.45, 7) is 0. The first-order valence-electron chi connectivity index (χ1n) is 4.77. The summed E-state index contributed by atoms with van der Waals surface area (Å²) in [5, 5.41) is 0.0848. The highest BCUT2D eigenvalue weighted by Crippen LogP contribution is 2.21. The molecule has 2 rings (SSSR count). The first-order chi connectivity index (χ1) is 7.66. The maximum Gasteiger partial charge on any atom is 0.141 e. The van der Waals surface area contributed by atoms with Gasteiger partial charge < -0.3 is 4.57 Å². The van der Waals surface area contributed by atoms with Gasteiger partial charge in [-0.1, -0.05) is 11.6 Å². The van der Waals surface area contributed by atoms with E-state index in [9.17, 15) is 4.39 Å². The van der Waals surface area contributed by atoms with Crippen molar-refractivity contribution in [3.8, 4) is 0 Å². The van der Waals surface area contributed by atoms with Gasteiger partial charge in [-0.2, -0.15) is 0 Å². The number of hydrogen-bond donors (Lipinski definition) is 0. The molecule has 1 heterocycles. The van der Waals surface area contributed by atoms with Crippen molar-refractivity contribution in [1.82, 2.24) is 4.57 Å². The first kappa shape index (κ1) is 10.9. The molecule has 0 radical (unpaired) electrons. The molecule has 1 aromatic heterocycles. The van der Waals surface area contributed by atoms with Crippen molar-refractivity contribution < 1.29 is 4.39 Å². The SMILES string of the molecule is Cn1cccc1C=Nc1ccc(F)c(Cl)c1. The van der Waals surface area contributed by atoms with Gasteiger partial charge in [0.2, 0.25) is 0 Å². The molecule has 0 spiro atoms. The van der Waals surface area contributed by atoms with Crippen LogP contribution in [0.5, 0.6) is 0 Å². The summed E-state index contributed by atoms with van der Waals surface area (Å²) in [7, 11) is 1.93. The third kappa shape index (κ3) is 2.31. The average Bonchev–Trinajstić information content (AvgIpc) is 2.66. The number of aryl methyl sites for hydroxylation is 1. The highest BCUT2D eigenvalue weighted by Gasteiger charge is 1.99. The molecular weight excluding hydrogens is 227 g/mol. The van der Waals surface area contributed by atoms with Gasteiger partial charge in [0.05, 0.1) is 22.6 Å². The molecule has 0 saturated heterocycles. The molecule has 0 aliphatic carbocycles. The molecule has 0 N–H and O–H groups in total. The molecule has 0 bridgehead atoms. The predicted molar refractivity (Wildman–Crippen MR) is 64.1 cm³/mol. The maximum atomic E-state index is 12.9. The van der Waals surface area contributed by atoms with Crippen LogP contribution in [0, 0.1) is 5.82 Å². The van der Waals surface area contributed by atoms with Gasteiger partial charge in [0.25, 0.3) is 0 Å². The van der Waals surface area contributed by atoms with E-state index in [1.54, 1.807) is 12.3 Å². The lowest BCUT2D eigenvalue weighted by Crippen LogP contribution is -1.91. The fourth-order valence-corrected chi connectivity index (χ4v) is 1.49. The largest absolute Gasteiger partial charge is 0.350 e. The van der Waals surface area contributed by atoms with Crippen LogP contribution in [0.4, 0.5) is 10.1 Å². The third-order valence-corrected chi connectivity index (χ3v) is 2.52. The fourth-order valence-electron chi connectivity index (χ4n) is 1.31. The van der Waals surface area contributed by atoms with Gasteiger partial charge in [0, 0.05) is 13.2 Å². The van der Waals surface area contributed by atoms with E-state index in [1.165, 1.54) is 12.1 Å². The minimum Gasteiger partial charge on any atom is -0.350 e. The standard InChI is InChI=1S/C12H10ClFN2/c1-16-6-2-3-10(16)8-15-9-4-5-12(14)11(13)7-9/h2-8H,1H3. The Morgan fingerprint density at radius 2 is 2.19 bits per heavy atom. The Labute approximate surface area is 98.0 Å². The highest BCUT2D eigenvalue weighted by atomic mass is 35.5. The van der Waals surface area contributed by atoms with Crippen LogP contribution < -0.4 is 0 Å². The van der Waals surface area contributed by atoms with Crippen LogP contribution in [-0.4, -0.2) is 10.8 Å². The Kier molecular flexibility index (Phi) is 3.06. The molecule has 0 atom stereocenters. The summed E-state index contributed by atoms with van der Waals surface area (Å²) < 4.78 is 14.8. The van der Waals surface area contributed by atoms with E-state index in [0.717, 1.165) is 5.69 Å². The quantitative estimate of drug-likeness (QED) is 0.710. The van der Waals surface area contributed by atoms with Crippen LogP contribution in [0.25, 0.3) is 0 Å². The lowest BCUT2D eigenvalue weighted by Gasteiger charge is -1.97. The number of benzene rings is 1. The maximum absolute atomic E-state index is 12.9. The summed E-state index contributed by atoms with van der Waals surface area (Å²) in [5.74, 6) is -0.431. The highest BCUT2D eigenvalue weighted by molar-refractivity contribution is 6.31. The number of nitrogens with zero attached hydrogens (tertiary/aromatic N) is 2. The summed E-state index contributed by atoms with van der Waals surface area (Å²) in [6, 6.07) is 8.25. The second-order valence-corrected chi connectivity index (χ2v) is 3.81. The molecule has 0 aliphatic heterocycles. The molecule has 4 heteroatoms. The van der Waals surface area contributed by atoms with Gasteiger partial charge >= 0.3 is 0 Å². The van der Waals surface area contributed by atoms with Gasteiger partial charge in [-0.25, -0.2) is 4.39 Å². The van der Waals surface area contributed by atoms with E-state index in [4.69, 9.17) is 11.6 Å². The zero-order valence-electron chi connectivity index (χ0n) is 8.69. The normalized spacial score (nSPS) is 11.2. The molecule has 2 nitrogen and oxygen atoms in total. The van der Waals surface area contributed by atoms with Crippen molar-refractivity contribution in [3.63, 3.8) is 0 Å². The van der Waals surface area contributed by atoms with Crippen molar-refractivity contribution in [2.45, 2.75) is 0 Å². The van der Waals surface area contributed by atoms with E-state index < -0.39 is 5.82 Å². The van der Waals surface area contributed by atoms with Crippen molar-refractivity contribution >= 4 is 23.5 Å². The molecule has 0 amide bonds. The van der Waals surface area contributed by atoms with Gasteiger partial charge in [-0.15, -0.1) is 0 Å². The summed E-state index contributed by atoms with van der Waals surface area (Å²) >= 11 is 5.65. The molecule has 82 valence electrons. The third-order valence-electron chi connectivity index (χ3n) is 2.23. The Morgan fingerprint density at radius 1 is 1.38 bits per heavy atom. The van der Waals surface area contributed by atoms with Crippen molar-refractivity contribution in [2.75, 3.05) is 0 Å². The molecule has 0 fully saturated rings. The number of aromatic nitrogens is 1. The fraction of sp³-hybridized carbons (Fsp3) is 0.0833. The van der Waals surface area contributed by atoms with Gasteiger partial charge in [0.15, 0.2) is 0 Å². The van der Waals surface area contributed by atoms with E-state index >= 15 is 0 Å². The van der Waals surface area contributed by atoms with Crippen LogP contribution in [0.3, 0.4) is 0 Å². The Hall–Kier alpha value is -1.61. The lowest BCUT2D eigenvalue weighted by molar-refractivity contribution is 0.628. The van der Waals surface area contributed by atoms with Crippen molar-refractivity contribution in [3.05, 3.63) is 53.1 Å². The van der Waals surface area contributed by atoms with Crippen LogP contribution in [0.1, 0.15) is 5.69 Å². The van der Waals surface area contributed by atoms with Crippen molar-refractivity contribution in [2.24, 2.45) is 12.0 Å². The monoisotopic (exact) mass is 236 g/mol. The van der Waals surface area contributed by atoms with Gasteiger partial charge in [-0.3, -0.25) is 4.99 Å². The second kappa shape index (κ2) is 4.49. The molecule has 0 aliphatic rings. The van der Waals surface area contributed by atoms with Gasteiger partial charge in [0.1, 0.15) is 5.82 Å². The molecule has 2 aromatic rings. The summed E-state index contributed by atoms with van der Waals surface area (Å²) in [6.07, 6.45) is 3.64. The second-order valence-electron chi connectivity index (χ2n) is 3.40. The summed E-state index contributed by atoms with van der Waals surface area (Å²) in [4.78, 5) is 4.21. The number of halogens is 2.